The van der Waals surface area contributed by atoms with Gasteiger partial charge in [0.25, 0.3) is 0 Å². The first kappa shape index (κ1) is 18.3. The molecule has 0 atom stereocenters. The molecule has 0 unspecified atom stereocenters. The van der Waals surface area contributed by atoms with Gasteiger partial charge in [-0.1, -0.05) is 40.9 Å². The first-order valence-electron chi connectivity index (χ1n) is 7.72. The normalized spacial score (nSPS) is 11.3. The SMILES string of the molecule is COc1ccc2cc(CN(C)Cc3ccc(Cl)c(Cl)c3)c(Cl)nc2c1. The van der Waals surface area contributed by atoms with Gasteiger partial charge in [-0.05, 0) is 42.9 Å². The Labute approximate surface area is 162 Å². The minimum atomic E-state index is 0.502. The van der Waals surface area contributed by atoms with E-state index < -0.39 is 0 Å². The van der Waals surface area contributed by atoms with Crippen LogP contribution in [0, 0.1) is 0 Å². The molecule has 0 amide bonds. The summed E-state index contributed by atoms with van der Waals surface area (Å²) in [5, 5.41) is 2.65. The van der Waals surface area contributed by atoms with Crippen molar-refractivity contribution in [3.05, 3.63) is 68.8 Å². The highest BCUT2D eigenvalue weighted by atomic mass is 35.5. The predicted molar refractivity (Wildman–Crippen MR) is 105 cm³/mol. The lowest BCUT2D eigenvalue weighted by atomic mass is 10.1. The summed E-state index contributed by atoms with van der Waals surface area (Å²) < 4.78 is 5.23. The van der Waals surface area contributed by atoms with Crippen LogP contribution >= 0.6 is 34.8 Å². The van der Waals surface area contributed by atoms with Crippen molar-refractivity contribution >= 4 is 45.7 Å². The Hall–Kier alpha value is -1.52. The van der Waals surface area contributed by atoms with E-state index in [0.717, 1.165) is 34.3 Å². The van der Waals surface area contributed by atoms with Gasteiger partial charge < -0.3 is 4.74 Å². The fourth-order valence-electron chi connectivity index (χ4n) is 2.70. The Balaban J connectivity index is 1.79. The molecular formula is C19H17Cl3N2O. The highest BCUT2D eigenvalue weighted by Crippen LogP contribution is 2.26. The van der Waals surface area contributed by atoms with Crippen molar-refractivity contribution < 1.29 is 4.74 Å². The van der Waals surface area contributed by atoms with Crippen molar-refractivity contribution in [2.45, 2.75) is 13.1 Å². The zero-order valence-corrected chi connectivity index (χ0v) is 16.2. The maximum absolute atomic E-state index is 6.37. The van der Waals surface area contributed by atoms with Crippen molar-refractivity contribution in [3.8, 4) is 5.75 Å². The molecular weight excluding hydrogens is 379 g/mol. The molecule has 0 radical (unpaired) electrons. The number of fused-ring (bicyclic) bond motifs is 1. The minimum Gasteiger partial charge on any atom is -0.497 e. The monoisotopic (exact) mass is 394 g/mol. The molecule has 0 fully saturated rings. The second kappa shape index (κ2) is 7.79. The third-order valence-corrected chi connectivity index (χ3v) is 4.99. The van der Waals surface area contributed by atoms with Gasteiger partial charge >= 0.3 is 0 Å². The van der Waals surface area contributed by atoms with Crippen molar-refractivity contribution in [2.24, 2.45) is 0 Å². The van der Waals surface area contributed by atoms with E-state index in [-0.39, 0.29) is 0 Å². The average Bonchev–Trinajstić information content (AvgIpc) is 2.58. The number of aromatic nitrogens is 1. The largest absolute Gasteiger partial charge is 0.497 e. The minimum absolute atomic E-state index is 0.502. The number of hydrogen-bond acceptors (Lipinski definition) is 3. The van der Waals surface area contributed by atoms with Crippen LogP contribution in [0.3, 0.4) is 0 Å². The van der Waals surface area contributed by atoms with Crippen molar-refractivity contribution in [1.82, 2.24) is 9.88 Å². The van der Waals surface area contributed by atoms with Crippen LogP contribution in [0.15, 0.2) is 42.5 Å². The van der Waals surface area contributed by atoms with E-state index in [0.29, 0.717) is 21.7 Å². The molecule has 0 spiro atoms. The number of benzene rings is 2. The van der Waals surface area contributed by atoms with Crippen molar-refractivity contribution in [3.63, 3.8) is 0 Å². The lowest BCUT2D eigenvalue weighted by Crippen LogP contribution is -2.17. The van der Waals surface area contributed by atoms with Gasteiger partial charge in [0.05, 0.1) is 22.7 Å². The lowest BCUT2D eigenvalue weighted by Gasteiger charge is -2.18. The smallest absolute Gasteiger partial charge is 0.134 e. The predicted octanol–water partition coefficient (Wildman–Crippen LogP) is 5.84. The molecule has 130 valence electrons. The van der Waals surface area contributed by atoms with Crippen LogP contribution in [0.2, 0.25) is 15.2 Å². The topological polar surface area (TPSA) is 25.4 Å². The summed E-state index contributed by atoms with van der Waals surface area (Å²) in [7, 11) is 3.66. The third kappa shape index (κ3) is 4.36. The van der Waals surface area contributed by atoms with Crippen LogP contribution in [0.5, 0.6) is 5.75 Å². The molecule has 0 aliphatic carbocycles. The molecule has 3 aromatic rings. The summed E-state index contributed by atoms with van der Waals surface area (Å²) in [6, 6.07) is 13.5. The summed E-state index contributed by atoms with van der Waals surface area (Å²) >= 11 is 18.4. The quantitative estimate of drug-likeness (QED) is 0.508. The zero-order chi connectivity index (χ0) is 18.0. The van der Waals surface area contributed by atoms with E-state index >= 15 is 0 Å². The van der Waals surface area contributed by atoms with Crippen LogP contribution < -0.4 is 4.74 Å². The number of halogens is 3. The Morgan fingerprint density at radius 1 is 0.960 bits per heavy atom. The first-order chi connectivity index (χ1) is 12.0. The Morgan fingerprint density at radius 2 is 1.76 bits per heavy atom. The highest BCUT2D eigenvalue weighted by molar-refractivity contribution is 6.42. The van der Waals surface area contributed by atoms with Crippen LogP contribution in [-0.4, -0.2) is 24.0 Å². The Kier molecular flexibility index (Phi) is 5.70. The van der Waals surface area contributed by atoms with Gasteiger partial charge in [0, 0.05) is 30.1 Å². The van der Waals surface area contributed by atoms with E-state index in [4.69, 9.17) is 39.5 Å². The molecule has 0 bridgehead atoms. The summed E-state index contributed by atoms with van der Waals surface area (Å²) in [5.41, 5.74) is 2.88. The molecule has 3 nitrogen and oxygen atoms in total. The molecule has 1 heterocycles. The van der Waals surface area contributed by atoms with Crippen LogP contribution in [0.25, 0.3) is 10.9 Å². The fraction of sp³-hybridized carbons (Fsp3) is 0.211. The summed E-state index contributed by atoms with van der Waals surface area (Å²) in [6.45, 7) is 1.40. The Morgan fingerprint density at radius 3 is 2.48 bits per heavy atom. The van der Waals surface area contributed by atoms with Gasteiger partial charge in [-0.15, -0.1) is 0 Å². The number of nitrogens with zero attached hydrogens (tertiary/aromatic N) is 2. The zero-order valence-electron chi connectivity index (χ0n) is 13.9. The van der Waals surface area contributed by atoms with E-state index in [1.807, 2.05) is 43.4 Å². The maximum Gasteiger partial charge on any atom is 0.134 e. The summed E-state index contributed by atoms with van der Waals surface area (Å²) in [4.78, 5) is 6.64. The molecule has 25 heavy (non-hydrogen) atoms. The maximum atomic E-state index is 6.37. The van der Waals surface area contributed by atoms with Crippen LogP contribution in [-0.2, 0) is 13.1 Å². The van der Waals surface area contributed by atoms with Gasteiger partial charge in [0.2, 0.25) is 0 Å². The number of hydrogen-bond donors (Lipinski definition) is 0. The molecule has 0 N–H and O–H groups in total. The second-order valence-electron chi connectivity index (χ2n) is 5.92. The number of ether oxygens (including phenoxy) is 1. The van der Waals surface area contributed by atoms with Gasteiger partial charge in [-0.25, -0.2) is 4.98 Å². The molecule has 0 aliphatic heterocycles. The number of pyridine rings is 1. The van der Waals surface area contributed by atoms with Crippen LogP contribution in [0.1, 0.15) is 11.1 Å². The van der Waals surface area contributed by atoms with Gasteiger partial charge in [0.1, 0.15) is 10.9 Å². The molecule has 0 aliphatic rings. The first-order valence-corrected chi connectivity index (χ1v) is 8.85. The molecule has 0 saturated heterocycles. The Bertz CT molecular complexity index is 915. The van der Waals surface area contributed by atoms with Crippen molar-refractivity contribution in [2.75, 3.05) is 14.2 Å². The van der Waals surface area contributed by atoms with E-state index in [1.165, 1.54) is 0 Å². The second-order valence-corrected chi connectivity index (χ2v) is 7.09. The average molecular weight is 396 g/mol. The van der Waals surface area contributed by atoms with Crippen LogP contribution in [0.4, 0.5) is 0 Å². The van der Waals surface area contributed by atoms with E-state index in [9.17, 15) is 0 Å². The molecule has 6 heteroatoms. The standard InChI is InChI=1S/C19H17Cl3N2O/c1-24(10-12-3-6-16(20)17(21)7-12)11-14-8-13-4-5-15(25-2)9-18(13)23-19(14)22/h3-9H,10-11H2,1-2H3. The van der Waals surface area contributed by atoms with Gasteiger partial charge in [0.15, 0.2) is 0 Å². The molecule has 2 aromatic carbocycles. The van der Waals surface area contributed by atoms with Gasteiger partial charge in [-0.2, -0.15) is 0 Å². The van der Waals surface area contributed by atoms with E-state index in [2.05, 4.69) is 16.0 Å². The lowest BCUT2D eigenvalue weighted by molar-refractivity contribution is 0.319. The number of methoxy groups -OCH3 is 1. The highest BCUT2D eigenvalue weighted by Gasteiger charge is 2.10. The van der Waals surface area contributed by atoms with E-state index in [1.54, 1.807) is 7.11 Å². The molecule has 1 aromatic heterocycles. The fourth-order valence-corrected chi connectivity index (χ4v) is 3.23. The summed E-state index contributed by atoms with van der Waals surface area (Å²) in [5.74, 6) is 0.764. The molecule has 3 rings (SSSR count). The van der Waals surface area contributed by atoms with Crippen molar-refractivity contribution in [1.29, 1.82) is 0 Å². The van der Waals surface area contributed by atoms with Gasteiger partial charge in [-0.3, -0.25) is 4.90 Å². The summed E-state index contributed by atoms with van der Waals surface area (Å²) in [6.07, 6.45) is 0. The molecule has 0 saturated carbocycles. The number of rotatable bonds is 5. The third-order valence-electron chi connectivity index (χ3n) is 3.93.